The van der Waals surface area contributed by atoms with Crippen LogP contribution >= 0.6 is 0 Å². The number of amides is 2. The summed E-state index contributed by atoms with van der Waals surface area (Å²) in [5.41, 5.74) is 5.14. The zero-order valence-corrected chi connectivity index (χ0v) is 12.3. The number of methoxy groups -OCH3 is 1. The fourth-order valence-electron chi connectivity index (χ4n) is 3.20. The highest BCUT2D eigenvalue weighted by molar-refractivity contribution is 5.99. The van der Waals surface area contributed by atoms with E-state index in [0.717, 1.165) is 27.8 Å². The van der Waals surface area contributed by atoms with Crippen molar-refractivity contribution >= 4 is 11.8 Å². The number of ether oxygens (including phenoxy) is 1. The van der Waals surface area contributed by atoms with Gasteiger partial charge in [-0.15, -0.1) is 0 Å². The van der Waals surface area contributed by atoms with Gasteiger partial charge in [0.2, 0.25) is 11.8 Å². The molecule has 1 N–H and O–H groups in total. The normalized spacial score (nSPS) is 16.3. The number of imide groups is 1. The Labute approximate surface area is 122 Å². The molecule has 0 aromatic heterocycles. The van der Waals surface area contributed by atoms with Gasteiger partial charge in [-0.25, -0.2) is 0 Å². The average Bonchev–Trinajstić information content (AvgIpc) is 2.70. The van der Waals surface area contributed by atoms with Crippen LogP contribution in [-0.4, -0.2) is 18.9 Å². The maximum atomic E-state index is 11.7. The van der Waals surface area contributed by atoms with E-state index in [1.807, 2.05) is 13.8 Å². The average molecular weight is 287 g/mol. The van der Waals surface area contributed by atoms with E-state index in [0.29, 0.717) is 18.6 Å². The van der Waals surface area contributed by atoms with Crippen molar-refractivity contribution in [3.8, 4) is 16.9 Å². The summed E-state index contributed by atoms with van der Waals surface area (Å²) in [6, 6.07) is 0. The van der Waals surface area contributed by atoms with Gasteiger partial charge in [0.1, 0.15) is 6.26 Å². The van der Waals surface area contributed by atoms with Crippen LogP contribution in [0.25, 0.3) is 11.1 Å². The Morgan fingerprint density at radius 2 is 1.81 bits per heavy atom. The minimum Gasteiger partial charge on any atom is -0.493 e. The summed E-state index contributed by atoms with van der Waals surface area (Å²) in [7, 11) is 1.59. The Morgan fingerprint density at radius 3 is 2.43 bits per heavy atom. The lowest BCUT2D eigenvalue weighted by Crippen LogP contribution is -2.37. The van der Waals surface area contributed by atoms with Gasteiger partial charge in [-0.05, 0) is 30.5 Å². The summed E-state index contributed by atoms with van der Waals surface area (Å²) in [6.45, 7) is 4.03. The molecule has 0 saturated carbocycles. The first-order valence-corrected chi connectivity index (χ1v) is 6.88. The standard InChI is InChI=1S/C16H17NO4/c1-8-9(2)15(10-4-13(18)17-14(19)5-10)16-11(8)6-21-7-12(16)20-3/h6-7,10H,4-5H2,1-3H3,(H,17,18,19). The van der Waals surface area contributed by atoms with Crippen molar-refractivity contribution in [2.24, 2.45) is 0 Å². The van der Waals surface area contributed by atoms with Crippen LogP contribution in [-0.2, 0) is 9.59 Å². The highest BCUT2D eigenvalue weighted by Gasteiger charge is 2.33. The molecule has 0 aromatic rings. The topological polar surface area (TPSA) is 68.5 Å². The van der Waals surface area contributed by atoms with Crippen molar-refractivity contribution in [1.82, 2.24) is 5.32 Å². The highest BCUT2D eigenvalue weighted by atomic mass is 16.5. The van der Waals surface area contributed by atoms with E-state index in [-0.39, 0.29) is 17.7 Å². The van der Waals surface area contributed by atoms with Gasteiger partial charge in [-0.1, -0.05) is 0 Å². The minimum absolute atomic E-state index is 0.112. The maximum Gasteiger partial charge on any atom is 0.227 e. The molecular weight excluding hydrogens is 270 g/mol. The molecule has 1 saturated heterocycles. The van der Waals surface area contributed by atoms with Crippen LogP contribution in [0.3, 0.4) is 0 Å². The van der Waals surface area contributed by atoms with E-state index in [1.54, 1.807) is 19.6 Å². The second-order valence-electron chi connectivity index (χ2n) is 5.47. The molecule has 5 heteroatoms. The van der Waals surface area contributed by atoms with Crippen molar-refractivity contribution in [2.75, 3.05) is 7.11 Å². The van der Waals surface area contributed by atoms with Gasteiger partial charge < -0.3 is 9.15 Å². The fraction of sp³-hybridized carbons (Fsp3) is 0.375. The molecule has 5 nitrogen and oxygen atoms in total. The molecule has 21 heavy (non-hydrogen) atoms. The van der Waals surface area contributed by atoms with Crippen LogP contribution in [0, 0.1) is 13.8 Å². The van der Waals surface area contributed by atoms with E-state index in [4.69, 9.17) is 9.15 Å². The van der Waals surface area contributed by atoms with Gasteiger partial charge in [0.15, 0.2) is 5.75 Å². The van der Waals surface area contributed by atoms with E-state index < -0.39 is 0 Å². The molecule has 0 aromatic carbocycles. The summed E-state index contributed by atoms with van der Waals surface area (Å²) < 4.78 is 10.7. The lowest BCUT2D eigenvalue weighted by atomic mass is 9.86. The third-order valence-corrected chi connectivity index (χ3v) is 4.29. The molecule has 2 aliphatic heterocycles. The second kappa shape index (κ2) is 4.91. The number of hydrogen-bond donors (Lipinski definition) is 1. The first-order chi connectivity index (χ1) is 10.0. The summed E-state index contributed by atoms with van der Waals surface area (Å²) >= 11 is 0. The van der Waals surface area contributed by atoms with Crippen LogP contribution in [0.5, 0.6) is 5.75 Å². The van der Waals surface area contributed by atoms with Crippen molar-refractivity contribution < 1.29 is 18.7 Å². The third kappa shape index (κ3) is 2.09. The number of rotatable bonds is 2. The molecule has 2 heterocycles. The van der Waals surface area contributed by atoms with Gasteiger partial charge in [-0.2, -0.15) is 0 Å². The van der Waals surface area contributed by atoms with Crippen molar-refractivity contribution in [3.63, 3.8) is 0 Å². The van der Waals surface area contributed by atoms with E-state index in [9.17, 15) is 9.59 Å². The molecule has 0 unspecified atom stereocenters. The largest absolute Gasteiger partial charge is 0.493 e. The number of fused-ring (bicyclic) bond motifs is 1. The summed E-state index contributed by atoms with van der Waals surface area (Å²) in [6.07, 6.45) is 3.88. The van der Waals surface area contributed by atoms with Crippen LogP contribution in [0.2, 0.25) is 0 Å². The lowest BCUT2D eigenvalue weighted by Gasteiger charge is -2.23. The predicted molar refractivity (Wildman–Crippen MR) is 76.5 cm³/mol. The Balaban J connectivity index is 2.20. The monoisotopic (exact) mass is 287 g/mol. The van der Waals surface area contributed by atoms with Crippen LogP contribution in [0.15, 0.2) is 16.9 Å². The molecule has 0 atom stereocenters. The predicted octanol–water partition coefficient (Wildman–Crippen LogP) is 2.53. The Morgan fingerprint density at radius 1 is 1.14 bits per heavy atom. The molecule has 3 aliphatic rings. The van der Waals surface area contributed by atoms with Crippen LogP contribution < -0.4 is 10.1 Å². The van der Waals surface area contributed by atoms with Crippen molar-refractivity contribution in [3.05, 3.63) is 29.2 Å². The third-order valence-electron chi connectivity index (χ3n) is 4.29. The highest BCUT2D eigenvalue weighted by Crippen LogP contribution is 2.47. The lowest BCUT2D eigenvalue weighted by molar-refractivity contribution is -0.133. The number of carbonyl (C=O) groups is 2. The number of hydrogen-bond acceptors (Lipinski definition) is 4. The van der Waals surface area contributed by atoms with Crippen molar-refractivity contribution in [2.45, 2.75) is 32.6 Å². The van der Waals surface area contributed by atoms with Gasteiger partial charge in [0.05, 0.1) is 13.4 Å². The second-order valence-corrected chi connectivity index (χ2v) is 5.47. The van der Waals surface area contributed by atoms with Gasteiger partial charge in [-0.3, -0.25) is 14.9 Å². The van der Waals surface area contributed by atoms with Crippen molar-refractivity contribution in [1.29, 1.82) is 0 Å². The molecule has 0 radical (unpaired) electrons. The SMILES string of the molecule is COc1cocc2c(C)c(C)c(C3CC(=O)NC(=O)C3)c1-2. The van der Waals surface area contributed by atoms with Gasteiger partial charge in [0, 0.05) is 29.9 Å². The fourth-order valence-corrected chi connectivity index (χ4v) is 3.20. The quantitative estimate of drug-likeness (QED) is 0.862. The Kier molecular flexibility index (Phi) is 3.20. The first-order valence-electron chi connectivity index (χ1n) is 6.88. The molecule has 0 spiro atoms. The number of nitrogens with one attached hydrogen (secondary N) is 1. The molecule has 3 rings (SSSR count). The zero-order chi connectivity index (χ0) is 15.1. The van der Waals surface area contributed by atoms with E-state index in [1.165, 1.54) is 0 Å². The molecule has 110 valence electrons. The van der Waals surface area contributed by atoms with Crippen LogP contribution in [0.4, 0.5) is 0 Å². The summed E-state index contributed by atoms with van der Waals surface area (Å²) in [5, 5.41) is 2.35. The number of piperidine rings is 1. The summed E-state index contributed by atoms with van der Waals surface area (Å²) in [4.78, 5) is 23.4. The molecule has 1 aliphatic carbocycles. The van der Waals surface area contributed by atoms with Crippen LogP contribution in [0.1, 0.15) is 35.4 Å². The molecule has 0 bridgehead atoms. The molecule has 2 amide bonds. The zero-order valence-electron chi connectivity index (χ0n) is 12.3. The van der Waals surface area contributed by atoms with Gasteiger partial charge in [0.25, 0.3) is 0 Å². The Hall–Kier alpha value is -2.30. The molecular formula is C16H17NO4. The first kappa shape index (κ1) is 13.7. The maximum absolute atomic E-state index is 11.7. The number of carbonyl (C=O) groups excluding carboxylic acids is 2. The minimum atomic E-state index is -0.220. The van der Waals surface area contributed by atoms with E-state index >= 15 is 0 Å². The van der Waals surface area contributed by atoms with E-state index in [2.05, 4.69) is 5.32 Å². The smallest absolute Gasteiger partial charge is 0.227 e. The molecule has 1 fully saturated rings. The summed E-state index contributed by atoms with van der Waals surface area (Å²) in [5.74, 6) is 0.0837. The Bertz CT molecular complexity index is 685. The van der Waals surface area contributed by atoms with Gasteiger partial charge >= 0.3 is 0 Å².